The maximum atomic E-state index is 13.1. The standard InChI is InChI=1S/C24H23BrFNO4/c1-3-30-22-11-18(13-27-21-9-6-17(24(28)29)10-15(21)2)20(25)12-23(22)31-14-16-4-7-19(26)8-5-16/h4-12,27H,3,13-14H2,1-2H3,(H,28,29). The molecule has 0 aliphatic rings. The molecule has 162 valence electrons. The molecule has 0 heterocycles. The number of carboxylic acid groups (broad SMARTS) is 1. The molecule has 0 radical (unpaired) electrons. The van der Waals surface area contributed by atoms with E-state index in [0.717, 1.165) is 26.9 Å². The number of aromatic carboxylic acids is 1. The average molecular weight is 488 g/mol. The van der Waals surface area contributed by atoms with Crippen LogP contribution in [0, 0.1) is 12.7 Å². The Morgan fingerprint density at radius 3 is 2.42 bits per heavy atom. The summed E-state index contributed by atoms with van der Waals surface area (Å²) in [7, 11) is 0. The van der Waals surface area contributed by atoms with E-state index >= 15 is 0 Å². The topological polar surface area (TPSA) is 67.8 Å². The fourth-order valence-electron chi connectivity index (χ4n) is 3.02. The Morgan fingerprint density at radius 2 is 1.77 bits per heavy atom. The zero-order valence-corrected chi connectivity index (χ0v) is 18.8. The van der Waals surface area contributed by atoms with E-state index in [9.17, 15) is 9.18 Å². The summed E-state index contributed by atoms with van der Waals surface area (Å²) in [5, 5.41) is 12.4. The summed E-state index contributed by atoms with van der Waals surface area (Å²) in [5.74, 6) is -0.0347. The van der Waals surface area contributed by atoms with Gasteiger partial charge in [-0.3, -0.25) is 0 Å². The molecule has 0 aliphatic carbocycles. The van der Waals surface area contributed by atoms with Crippen molar-refractivity contribution >= 4 is 27.6 Å². The second-order valence-corrected chi connectivity index (χ2v) is 7.78. The molecule has 0 unspecified atom stereocenters. The van der Waals surface area contributed by atoms with Crippen molar-refractivity contribution in [2.45, 2.75) is 27.0 Å². The summed E-state index contributed by atoms with van der Waals surface area (Å²) in [4.78, 5) is 11.1. The Balaban J connectivity index is 1.74. The van der Waals surface area contributed by atoms with Gasteiger partial charge in [-0.05, 0) is 73.0 Å². The first kappa shape index (κ1) is 22.6. The fourth-order valence-corrected chi connectivity index (χ4v) is 3.48. The number of aryl methyl sites for hydroxylation is 1. The number of benzene rings is 3. The third-order valence-corrected chi connectivity index (χ3v) is 5.40. The monoisotopic (exact) mass is 487 g/mol. The maximum absolute atomic E-state index is 13.1. The van der Waals surface area contributed by atoms with Crippen molar-refractivity contribution in [3.05, 3.63) is 87.1 Å². The lowest BCUT2D eigenvalue weighted by Gasteiger charge is -2.16. The zero-order chi connectivity index (χ0) is 22.4. The predicted molar refractivity (Wildman–Crippen MR) is 122 cm³/mol. The minimum Gasteiger partial charge on any atom is -0.490 e. The molecule has 3 rings (SSSR count). The van der Waals surface area contributed by atoms with Crippen LogP contribution in [0.15, 0.2) is 59.1 Å². The molecule has 0 saturated carbocycles. The Kier molecular flexibility index (Phi) is 7.52. The molecule has 0 fully saturated rings. The van der Waals surface area contributed by atoms with E-state index in [1.807, 2.05) is 26.0 Å². The number of carbonyl (C=O) groups is 1. The number of carboxylic acids is 1. The first-order valence-electron chi connectivity index (χ1n) is 9.77. The smallest absolute Gasteiger partial charge is 0.335 e. The van der Waals surface area contributed by atoms with Crippen LogP contribution in [0.2, 0.25) is 0 Å². The largest absolute Gasteiger partial charge is 0.490 e. The van der Waals surface area contributed by atoms with Gasteiger partial charge in [-0.15, -0.1) is 0 Å². The molecule has 5 nitrogen and oxygen atoms in total. The van der Waals surface area contributed by atoms with Gasteiger partial charge in [0.25, 0.3) is 0 Å². The second-order valence-electron chi connectivity index (χ2n) is 6.93. The number of hydrogen-bond donors (Lipinski definition) is 2. The van der Waals surface area contributed by atoms with E-state index in [1.165, 1.54) is 12.1 Å². The van der Waals surface area contributed by atoms with Crippen LogP contribution >= 0.6 is 15.9 Å². The van der Waals surface area contributed by atoms with Gasteiger partial charge in [-0.25, -0.2) is 9.18 Å². The molecule has 0 aliphatic heterocycles. The van der Waals surface area contributed by atoms with Gasteiger partial charge >= 0.3 is 5.97 Å². The van der Waals surface area contributed by atoms with Crippen LogP contribution < -0.4 is 14.8 Å². The average Bonchev–Trinajstić information content (AvgIpc) is 2.74. The van der Waals surface area contributed by atoms with Crippen molar-refractivity contribution in [1.29, 1.82) is 0 Å². The minimum absolute atomic E-state index is 0.255. The predicted octanol–water partition coefficient (Wildman–Crippen LogP) is 6.18. The van der Waals surface area contributed by atoms with E-state index < -0.39 is 5.97 Å². The van der Waals surface area contributed by atoms with Crippen molar-refractivity contribution in [3.63, 3.8) is 0 Å². The highest BCUT2D eigenvalue weighted by Crippen LogP contribution is 2.35. The first-order chi connectivity index (χ1) is 14.9. The lowest BCUT2D eigenvalue weighted by atomic mass is 10.1. The molecule has 3 aromatic rings. The van der Waals surface area contributed by atoms with Crippen LogP contribution in [0.5, 0.6) is 11.5 Å². The molecular formula is C24H23BrFNO4. The van der Waals surface area contributed by atoms with Crippen LogP contribution in [0.3, 0.4) is 0 Å². The van der Waals surface area contributed by atoms with Crippen molar-refractivity contribution < 1.29 is 23.8 Å². The third kappa shape index (κ3) is 5.98. The number of halogens is 2. The van der Waals surface area contributed by atoms with Gasteiger partial charge in [0.05, 0.1) is 12.2 Å². The quantitative estimate of drug-likeness (QED) is 0.376. The van der Waals surface area contributed by atoms with Crippen LogP contribution in [0.4, 0.5) is 10.1 Å². The van der Waals surface area contributed by atoms with Gasteiger partial charge in [0.1, 0.15) is 12.4 Å². The summed E-state index contributed by atoms with van der Waals surface area (Å²) in [5.41, 5.74) is 3.77. The Labute approximate surface area is 189 Å². The van der Waals surface area contributed by atoms with E-state index in [1.54, 1.807) is 30.3 Å². The molecule has 0 aromatic heterocycles. The SMILES string of the molecule is CCOc1cc(CNc2ccc(C(=O)O)cc2C)c(Br)cc1OCc1ccc(F)cc1. The second kappa shape index (κ2) is 10.3. The van der Waals surface area contributed by atoms with E-state index in [0.29, 0.717) is 31.3 Å². The molecule has 2 N–H and O–H groups in total. The lowest BCUT2D eigenvalue weighted by molar-refractivity contribution is 0.0697. The molecule has 0 amide bonds. The van der Waals surface area contributed by atoms with Gasteiger partial charge in [-0.2, -0.15) is 0 Å². The molecule has 7 heteroatoms. The molecule has 0 bridgehead atoms. The fraction of sp³-hybridized carbons (Fsp3) is 0.208. The van der Waals surface area contributed by atoms with Crippen molar-refractivity contribution in [3.8, 4) is 11.5 Å². The Morgan fingerprint density at radius 1 is 1.06 bits per heavy atom. The number of hydrogen-bond acceptors (Lipinski definition) is 4. The molecule has 3 aromatic carbocycles. The van der Waals surface area contributed by atoms with Crippen LogP contribution in [-0.2, 0) is 13.2 Å². The molecule has 0 spiro atoms. The van der Waals surface area contributed by atoms with Crippen molar-refractivity contribution in [1.82, 2.24) is 0 Å². The third-order valence-electron chi connectivity index (χ3n) is 4.66. The maximum Gasteiger partial charge on any atom is 0.335 e. The summed E-state index contributed by atoms with van der Waals surface area (Å²) in [6, 6.07) is 14.9. The Hall–Kier alpha value is -3.06. The number of ether oxygens (including phenoxy) is 2. The molecule has 31 heavy (non-hydrogen) atoms. The minimum atomic E-state index is -0.949. The van der Waals surface area contributed by atoms with Crippen molar-refractivity contribution in [2.75, 3.05) is 11.9 Å². The summed E-state index contributed by atoms with van der Waals surface area (Å²) < 4.78 is 25.6. The zero-order valence-electron chi connectivity index (χ0n) is 17.2. The van der Waals surface area contributed by atoms with Gasteiger partial charge < -0.3 is 19.9 Å². The normalized spacial score (nSPS) is 10.6. The van der Waals surface area contributed by atoms with E-state index in [4.69, 9.17) is 14.6 Å². The lowest BCUT2D eigenvalue weighted by Crippen LogP contribution is -2.05. The molecule has 0 atom stereocenters. The van der Waals surface area contributed by atoms with Gasteiger partial charge in [-0.1, -0.05) is 28.1 Å². The van der Waals surface area contributed by atoms with Crippen LogP contribution in [-0.4, -0.2) is 17.7 Å². The number of rotatable bonds is 9. The molecular weight excluding hydrogens is 465 g/mol. The molecule has 0 saturated heterocycles. The summed E-state index contributed by atoms with van der Waals surface area (Å²) in [6.07, 6.45) is 0. The number of anilines is 1. The summed E-state index contributed by atoms with van der Waals surface area (Å²) >= 11 is 3.59. The van der Waals surface area contributed by atoms with Crippen molar-refractivity contribution in [2.24, 2.45) is 0 Å². The Bertz CT molecular complexity index is 1070. The van der Waals surface area contributed by atoms with E-state index in [-0.39, 0.29) is 11.4 Å². The van der Waals surface area contributed by atoms with Gasteiger partial charge in [0, 0.05) is 16.7 Å². The van der Waals surface area contributed by atoms with E-state index in [2.05, 4.69) is 21.2 Å². The van der Waals surface area contributed by atoms with Gasteiger partial charge in [0.2, 0.25) is 0 Å². The highest BCUT2D eigenvalue weighted by atomic mass is 79.9. The number of nitrogens with one attached hydrogen (secondary N) is 1. The first-order valence-corrected chi connectivity index (χ1v) is 10.6. The highest BCUT2D eigenvalue weighted by molar-refractivity contribution is 9.10. The summed E-state index contributed by atoms with van der Waals surface area (Å²) in [6.45, 7) is 5.04. The van der Waals surface area contributed by atoms with Crippen LogP contribution in [0.25, 0.3) is 0 Å². The van der Waals surface area contributed by atoms with Crippen LogP contribution in [0.1, 0.15) is 34.0 Å². The highest BCUT2D eigenvalue weighted by Gasteiger charge is 2.12. The van der Waals surface area contributed by atoms with Gasteiger partial charge in [0.15, 0.2) is 11.5 Å².